The quantitative estimate of drug-likeness (QED) is 0.403. The Morgan fingerprint density at radius 3 is 2.26 bits per heavy atom. The van der Waals surface area contributed by atoms with Crippen molar-refractivity contribution in [1.29, 1.82) is 0 Å². The molecule has 1 aliphatic heterocycles. The van der Waals surface area contributed by atoms with Gasteiger partial charge in [-0.1, -0.05) is 29.8 Å². The van der Waals surface area contributed by atoms with E-state index < -0.39 is 0 Å². The van der Waals surface area contributed by atoms with Gasteiger partial charge in [0.2, 0.25) is 11.8 Å². The third-order valence-corrected chi connectivity index (χ3v) is 7.53. The lowest BCUT2D eigenvalue weighted by Crippen LogP contribution is -2.40. The number of carbonyl (C=O) groups excluding carboxylic acids is 3. The van der Waals surface area contributed by atoms with Crippen molar-refractivity contribution in [2.24, 2.45) is 35.5 Å². The number of imide groups is 1. The Hall–Kier alpha value is -2.92. The summed E-state index contributed by atoms with van der Waals surface area (Å²) in [5, 5.41) is 0.562. The van der Waals surface area contributed by atoms with E-state index in [2.05, 4.69) is 12.2 Å². The van der Waals surface area contributed by atoms with E-state index in [4.69, 9.17) is 16.3 Å². The second kappa shape index (κ2) is 6.79. The molecule has 2 bridgehead atoms. The molecule has 31 heavy (non-hydrogen) atoms. The van der Waals surface area contributed by atoms with Crippen LogP contribution in [0.5, 0.6) is 5.75 Å². The van der Waals surface area contributed by atoms with Crippen LogP contribution < -0.4 is 9.64 Å². The van der Waals surface area contributed by atoms with Crippen molar-refractivity contribution < 1.29 is 19.1 Å². The number of nitrogens with zero attached hydrogens (tertiary/aromatic N) is 1. The van der Waals surface area contributed by atoms with Gasteiger partial charge in [0.05, 0.1) is 17.5 Å². The SMILES string of the molecule is O=C(COc1cccc(N2C(=O)[C@H]3[C@@H]4C=C[C@H]([C@H]5C[C@H]45)[C@@H]3C2=O)c1)c1ccc(Cl)cc1. The molecule has 3 fully saturated rings. The second-order valence-electron chi connectivity index (χ2n) is 8.88. The summed E-state index contributed by atoms with van der Waals surface area (Å²) in [4.78, 5) is 40.2. The Labute approximate surface area is 184 Å². The van der Waals surface area contributed by atoms with Crippen molar-refractivity contribution in [3.8, 4) is 5.75 Å². The smallest absolute Gasteiger partial charge is 0.238 e. The number of halogens is 1. The molecule has 1 saturated heterocycles. The maximum atomic E-state index is 13.3. The second-order valence-corrected chi connectivity index (χ2v) is 9.32. The fourth-order valence-corrected chi connectivity index (χ4v) is 5.92. The van der Waals surface area contributed by atoms with Crippen molar-refractivity contribution in [3.05, 3.63) is 71.3 Å². The lowest BCUT2D eigenvalue weighted by atomic mass is 9.63. The van der Waals surface area contributed by atoms with E-state index in [1.165, 1.54) is 4.90 Å². The first-order valence-corrected chi connectivity index (χ1v) is 11.0. The molecule has 0 N–H and O–H groups in total. The standard InChI is InChI=1S/C25H20ClNO4/c26-14-6-4-13(5-7-14)21(28)12-31-16-3-1-2-15(10-16)27-24(29)22-17-8-9-18(20-11-19(17)20)23(22)25(27)30/h1-10,17-20,22-23H,11-12H2/t17-,18-,19-,20-,22+,23+/m1/s1. The lowest BCUT2D eigenvalue weighted by molar-refractivity contribution is -0.124. The highest BCUT2D eigenvalue weighted by atomic mass is 35.5. The number of anilines is 1. The van der Waals surface area contributed by atoms with Gasteiger partial charge in [0, 0.05) is 16.7 Å². The number of ether oxygens (including phenoxy) is 1. The molecule has 2 aromatic rings. The van der Waals surface area contributed by atoms with Gasteiger partial charge in [0.1, 0.15) is 5.75 Å². The van der Waals surface area contributed by atoms with E-state index in [0.717, 1.165) is 6.42 Å². The number of carbonyl (C=O) groups is 3. The summed E-state index contributed by atoms with van der Waals surface area (Å²) in [5.74, 6) is 1.12. The largest absolute Gasteiger partial charge is 0.485 e. The molecule has 0 aromatic heterocycles. The van der Waals surface area contributed by atoms with Crippen LogP contribution in [0.3, 0.4) is 0 Å². The number of amides is 2. The first-order valence-electron chi connectivity index (χ1n) is 10.6. The lowest BCUT2D eigenvalue weighted by Gasteiger charge is -2.37. The Morgan fingerprint density at radius 2 is 1.61 bits per heavy atom. The fraction of sp³-hybridized carbons (Fsp3) is 0.320. The molecule has 4 aliphatic carbocycles. The van der Waals surface area contributed by atoms with Crippen molar-refractivity contribution in [2.45, 2.75) is 6.42 Å². The van der Waals surface area contributed by atoms with E-state index in [0.29, 0.717) is 33.9 Å². The van der Waals surface area contributed by atoms with Gasteiger partial charge in [-0.15, -0.1) is 0 Å². The Balaban J connectivity index is 1.20. The monoisotopic (exact) mass is 433 g/mol. The highest BCUT2D eigenvalue weighted by Crippen LogP contribution is 2.65. The highest BCUT2D eigenvalue weighted by Gasteiger charge is 2.67. The average Bonchev–Trinajstić information content (AvgIpc) is 3.56. The van der Waals surface area contributed by atoms with Crippen molar-refractivity contribution in [2.75, 3.05) is 11.5 Å². The topological polar surface area (TPSA) is 63.7 Å². The molecule has 0 unspecified atom stereocenters. The minimum absolute atomic E-state index is 0.103. The van der Waals surface area contributed by atoms with Gasteiger partial charge in [-0.05, 0) is 66.5 Å². The highest BCUT2D eigenvalue weighted by molar-refractivity contribution is 6.30. The van der Waals surface area contributed by atoms with Crippen LogP contribution in [0.4, 0.5) is 5.69 Å². The third kappa shape index (κ3) is 2.87. The van der Waals surface area contributed by atoms with E-state index in [1.54, 1.807) is 48.5 Å². The maximum Gasteiger partial charge on any atom is 0.238 e. The van der Waals surface area contributed by atoms with Gasteiger partial charge >= 0.3 is 0 Å². The number of benzene rings is 2. The average molecular weight is 434 g/mol. The first-order chi connectivity index (χ1) is 15.0. The summed E-state index contributed by atoms with van der Waals surface area (Å²) in [6.07, 6.45) is 5.47. The summed E-state index contributed by atoms with van der Waals surface area (Å²) in [5.41, 5.74) is 1.02. The van der Waals surface area contributed by atoms with Crippen LogP contribution in [0.1, 0.15) is 16.8 Å². The number of allylic oxidation sites excluding steroid dienone is 2. The number of hydrogen-bond donors (Lipinski definition) is 0. The predicted octanol–water partition coefficient (Wildman–Crippen LogP) is 4.16. The van der Waals surface area contributed by atoms with Gasteiger partial charge in [-0.2, -0.15) is 0 Å². The summed E-state index contributed by atoms with van der Waals surface area (Å²) >= 11 is 5.86. The van der Waals surface area contributed by atoms with Gasteiger partial charge in [0.15, 0.2) is 12.4 Å². The predicted molar refractivity (Wildman–Crippen MR) is 115 cm³/mol. The molecular weight excluding hydrogens is 414 g/mol. The van der Waals surface area contributed by atoms with Crippen LogP contribution in [-0.4, -0.2) is 24.2 Å². The molecule has 0 radical (unpaired) electrons. The van der Waals surface area contributed by atoms with Crippen LogP contribution in [0.15, 0.2) is 60.7 Å². The summed E-state index contributed by atoms with van der Waals surface area (Å²) < 4.78 is 5.68. The van der Waals surface area contributed by atoms with Crippen molar-refractivity contribution in [3.63, 3.8) is 0 Å². The van der Waals surface area contributed by atoms with E-state index in [1.807, 2.05) is 0 Å². The van der Waals surface area contributed by atoms with Gasteiger partial charge in [-0.3, -0.25) is 14.4 Å². The summed E-state index contributed by atoms with van der Waals surface area (Å²) in [6.45, 7) is -0.143. The Kier molecular flexibility index (Phi) is 4.12. The molecule has 5 nitrogen and oxygen atoms in total. The molecule has 0 spiro atoms. The number of Topliss-reactive ketones (excluding diaryl/α,β-unsaturated/α-hetero) is 1. The van der Waals surface area contributed by atoms with Crippen LogP contribution in [-0.2, 0) is 9.59 Å². The fourth-order valence-electron chi connectivity index (χ4n) is 5.79. The zero-order valence-corrected chi connectivity index (χ0v) is 17.4. The summed E-state index contributed by atoms with van der Waals surface area (Å²) in [7, 11) is 0. The Bertz CT molecular complexity index is 1100. The molecular formula is C25H20ClNO4. The van der Waals surface area contributed by atoms with Gasteiger partial charge < -0.3 is 4.74 Å². The first kappa shape index (κ1) is 18.8. The zero-order valence-electron chi connectivity index (χ0n) is 16.6. The molecule has 5 aliphatic rings. The minimum atomic E-state index is -0.234. The van der Waals surface area contributed by atoms with Crippen LogP contribution in [0, 0.1) is 35.5 Å². The molecule has 2 saturated carbocycles. The maximum absolute atomic E-state index is 13.3. The molecule has 2 amide bonds. The molecule has 6 atom stereocenters. The van der Waals surface area contributed by atoms with E-state index in [-0.39, 0.29) is 47.9 Å². The number of hydrogen-bond acceptors (Lipinski definition) is 4. The molecule has 156 valence electrons. The van der Waals surface area contributed by atoms with Crippen LogP contribution in [0.2, 0.25) is 5.02 Å². The van der Waals surface area contributed by atoms with Crippen molar-refractivity contribution >= 4 is 34.9 Å². The molecule has 2 aromatic carbocycles. The minimum Gasteiger partial charge on any atom is -0.485 e. The van der Waals surface area contributed by atoms with E-state index >= 15 is 0 Å². The number of ketones is 1. The van der Waals surface area contributed by atoms with Crippen LogP contribution in [0.25, 0.3) is 0 Å². The zero-order chi connectivity index (χ0) is 21.3. The van der Waals surface area contributed by atoms with E-state index in [9.17, 15) is 14.4 Å². The Morgan fingerprint density at radius 1 is 0.968 bits per heavy atom. The normalized spacial score (nSPS) is 32.1. The molecule has 7 rings (SSSR count). The van der Waals surface area contributed by atoms with Gasteiger partial charge in [0.25, 0.3) is 0 Å². The molecule has 6 heteroatoms. The van der Waals surface area contributed by atoms with Gasteiger partial charge in [-0.25, -0.2) is 4.90 Å². The summed E-state index contributed by atoms with van der Waals surface area (Å²) in [6, 6.07) is 13.5. The molecule has 1 heterocycles. The third-order valence-electron chi connectivity index (χ3n) is 7.27. The number of rotatable bonds is 5. The van der Waals surface area contributed by atoms with Crippen LogP contribution >= 0.6 is 11.6 Å². The van der Waals surface area contributed by atoms with Crippen molar-refractivity contribution in [1.82, 2.24) is 0 Å².